The number of para-hydroxylation sites is 1. The van der Waals surface area contributed by atoms with Crippen molar-refractivity contribution < 1.29 is 27.8 Å². The Morgan fingerprint density at radius 1 is 1.12 bits per heavy atom. The molecule has 134 valence electrons. The molecule has 0 unspecified atom stereocenters. The molecule has 0 spiro atoms. The van der Waals surface area contributed by atoms with E-state index in [0.29, 0.717) is 17.2 Å². The first-order valence-corrected chi connectivity index (χ1v) is 7.98. The van der Waals surface area contributed by atoms with Crippen molar-refractivity contribution in [2.75, 3.05) is 23.6 Å². The first-order chi connectivity index (χ1) is 12.5. The van der Waals surface area contributed by atoms with Gasteiger partial charge in [-0.25, -0.2) is 8.78 Å². The number of amides is 2. The van der Waals surface area contributed by atoms with Gasteiger partial charge in [-0.05, 0) is 24.3 Å². The number of hydrogen-bond donors (Lipinski definition) is 1. The van der Waals surface area contributed by atoms with Gasteiger partial charge >= 0.3 is 0 Å². The summed E-state index contributed by atoms with van der Waals surface area (Å²) >= 11 is 0. The summed E-state index contributed by atoms with van der Waals surface area (Å²) < 4.78 is 37.9. The molecule has 6 nitrogen and oxygen atoms in total. The van der Waals surface area contributed by atoms with Gasteiger partial charge in [0.1, 0.15) is 17.3 Å². The van der Waals surface area contributed by atoms with Gasteiger partial charge in [0, 0.05) is 24.7 Å². The zero-order chi connectivity index (χ0) is 18.3. The minimum Gasteiger partial charge on any atom is -0.454 e. The van der Waals surface area contributed by atoms with Crippen molar-refractivity contribution in [3.63, 3.8) is 0 Å². The van der Waals surface area contributed by atoms with E-state index in [4.69, 9.17) is 9.47 Å². The van der Waals surface area contributed by atoms with E-state index < -0.39 is 29.1 Å². The molecule has 2 aromatic carbocycles. The summed E-state index contributed by atoms with van der Waals surface area (Å²) in [5.74, 6) is -2.19. The number of nitrogens with zero attached hydrogens (tertiary/aromatic N) is 1. The number of halogens is 2. The molecule has 1 atom stereocenters. The highest BCUT2D eigenvalue weighted by Crippen LogP contribution is 2.37. The van der Waals surface area contributed by atoms with Crippen LogP contribution in [0.25, 0.3) is 0 Å². The van der Waals surface area contributed by atoms with Gasteiger partial charge in [-0.3, -0.25) is 9.59 Å². The quantitative estimate of drug-likeness (QED) is 0.914. The number of fused-ring (bicyclic) bond motifs is 1. The number of hydrogen-bond acceptors (Lipinski definition) is 4. The summed E-state index contributed by atoms with van der Waals surface area (Å²) in [6, 6.07) is 8.36. The van der Waals surface area contributed by atoms with E-state index in [-0.39, 0.29) is 25.7 Å². The third kappa shape index (κ3) is 2.83. The second-order valence-corrected chi connectivity index (χ2v) is 6.03. The Bertz CT molecular complexity index is 883. The average molecular weight is 360 g/mol. The van der Waals surface area contributed by atoms with Gasteiger partial charge in [-0.2, -0.15) is 0 Å². The standard InChI is InChI=1S/C18H14F2N2O4/c19-12-2-1-3-13(20)17(12)21-18(24)10-6-16(23)22(8-10)11-4-5-14-15(7-11)26-9-25-14/h1-5,7,10H,6,8-9H2,(H,21,24)/t10-/m1/s1. The lowest BCUT2D eigenvalue weighted by Crippen LogP contribution is -2.28. The topological polar surface area (TPSA) is 67.9 Å². The molecule has 0 radical (unpaired) electrons. The number of benzene rings is 2. The Morgan fingerprint density at radius 2 is 1.85 bits per heavy atom. The Hall–Kier alpha value is -3.16. The Labute approximate surface area is 147 Å². The lowest BCUT2D eigenvalue weighted by atomic mass is 10.1. The summed E-state index contributed by atoms with van der Waals surface area (Å²) in [6.07, 6.45) is -0.0453. The maximum absolute atomic E-state index is 13.7. The van der Waals surface area contributed by atoms with Crippen LogP contribution in [0.1, 0.15) is 6.42 Å². The molecular weight excluding hydrogens is 346 g/mol. The molecule has 1 fully saturated rings. The van der Waals surface area contributed by atoms with Gasteiger partial charge in [-0.1, -0.05) is 6.07 Å². The predicted octanol–water partition coefficient (Wildman–Crippen LogP) is 2.69. The third-order valence-electron chi connectivity index (χ3n) is 4.37. The molecule has 8 heteroatoms. The largest absolute Gasteiger partial charge is 0.454 e. The van der Waals surface area contributed by atoms with Crippen LogP contribution in [-0.4, -0.2) is 25.2 Å². The molecule has 1 N–H and O–H groups in total. The Morgan fingerprint density at radius 3 is 2.62 bits per heavy atom. The highest BCUT2D eigenvalue weighted by molar-refractivity contribution is 6.03. The lowest BCUT2D eigenvalue weighted by Gasteiger charge is -2.17. The number of carbonyl (C=O) groups excluding carboxylic acids is 2. The van der Waals surface area contributed by atoms with E-state index in [2.05, 4.69) is 5.32 Å². The molecule has 0 aromatic heterocycles. The van der Waals surface area contributed by atoms with Crippen molar-refractivity contribution >= 4 is 23.2 Å². The fourth-order valence-corrected chi connectivity index (χ4v) is 3.03. The van der Waals surface area contributed by atoms with Crippen molar-refractivity contribution in [2.45, 2.75) is 6.42 Å². The van der Waals surface area contributed by atoms with E-state index in [9.17, 15) is 18.4 Å². The Kier molecular flexibility index (Phi) is 3.95. The van der Waals surface area contributed by atoms with Crippen molar-refractivity contribution in [2.24, 2.45) is 5.92 Å². The van der Waals surface area contributed by atoms with Gasteiger partial charge in [0.25, 0.3) is 0 Å². The lowest BCUT2D eigenvalue weighted by molar-refractivity contribution is -0.122. The van der Waals surface area contributed by atoms with Crippen LogP contribution in [0.5, 0.6) is 11.5 Å². The van der Waals surface area contributed by atoms with Crippen LogP contribution >= 0.6 is 0 Å². The molecule has 2 heterocycles. The Balaban J connectivity index is 1.50. The molecule has 2 aliphatic rings. The van der Waals surface area contributed by atoms with Crippen LogP contribution in [0.4, 0.5) is 20.2 Å². The van der Waals surface area contributed by atoms with Crippen molar-refractivity contribution in [1.29, 1.82) is 0 Å². The zero-order valence-electron chi connectivity index (χ0n) is 13.5. The third-order valence-corrected chi connectivity index (χ3v) is 4.37. The molecule has 26 heavy (non-hydrogen) atoms. The minimum atomic E-state index is -0.865. The molecular formula is C18H14F2N2O4. The van der Waals surface area contributed by atoms with E-state index in [0.717, 1.165) is 12.1 Å². The zero-order valence-corrected chi connectivity index (χ0v) is 13.5. The fourth-order valence-electron chi connectivity index (χ4n) is 3.03. The summed E-state index contributed by atoms with van der Waals surface area (Å²) in [5, 5.41) is 2.24. The first kappa shape index (κ1) is 16.3. The van der Waals surface area contributed by atoms with E-state index in [1.54, 1.807) is 18.2 Å². The van der Waals surface area contributed by atoms with Crippen molar-refractivity contribution in [1.82, 2.24) is 0 Å². The molecule has 0 bridgehead atoms. The fraction of sp³-hybridized carbons (Fsp3) is 0.222. The summed E-state index contributed by atoms with van der Waals surface area (Å²) in [6.45, 7) is 0.229. The SMILES string of the molecule is O=C(Nc1c(F)cccc1F)[C@@H]1CC(=O)N(c2ccc3c(c2)OCO3)C1. The number of rotatable bonds is 3. The second kappa shape index (κ2) is 6.29. The van der Waals surface area contributed by atoms with E-state index >= 15 is 0 Å². The van der Waals surface area contributed by atoms with Crippen molar-refractivity contribution in [3.8, 4) is 11.5 Å². The van der Waals surface area contributed by atoms with Crippen LogP contribution in [0, 0.1) is 17.6 Å². The first-order valence-electron chi connectivity index (χ1n) is 7.98. The molecule has 0 saturated carbocycles. The van der Waals surface area contributed by atoms with E-state index in [1.165, 1.54) is 11.0 Å². The second-order valence-electron chi connectivity index (χ2n) is 6.03. The molecule has 2 aromatic rings. The number of anilines is 2. The molecule has 0 aliphatic carbocycles. The smallest absolute Gasteiger partial charge is 0.231 e. The monoisotopic (exact) mass is 360 g/mol. The molecule has 4 rings (SSSR count). The normalized spacial score (nSPS) is 18.3. The maximum atomic E-state index is 13.7. The van der Waals surface area contributed by atoms with Crippen LogP contribution < -0.4 is 19.7 Å². The summed E-state index contributed by atoms with van der Waals surface area (Å²) in [5.41, 5.74) is 0.0677. The number of nitrogens with one attached hydrogen (secondary N) is 1. The van der Waals surface area contributed by atoms with Gasteiger partial charge in [-0.15, -0.1) is 0 Å². The van der Waals surface area contributed by atoms with Gasteiger partial charge in [0.05, 0.1) is 5.92 Å². The minimum absolute atomic E-state index is 0.0453. The number of carbonyl (C=O) groups is 2. The maximum Gasteiger partial charge on any atom is 0.231 e. The summed E-state index contributed by atoms with van der Waals surface area (Å²) in [7, 11) is 0. The predicted molar refractivity (Wildman–Crippen MR) is 88.0 cm³/mol. The highest BCUT2D eigenvalue weighted by atomic mass is 19.1. The van der Waals surface area contributed by atoms with Crippen LogP contribution in [-0.2, 0) is 9.59 Å². The summed E-state index contributed by atoms with van der Waals surface area (Å²) in [4.78, 5) is 26.1. The molecule has 2 amide bonds. The average Bonchev–Trinajstić information content (AvgIpc) is 3.23. The van der Waals surface area contributed by atoms with Gasteiger partial charge in [0.15, 0.2) is 11.5 Å². The number of ether oxygens (including phenoxy) is 2. The van der Waals surface area contributed by atoms with Crippen LogP contribution in [0.15, 0.2) is 36.4 Å². The van der Waals surface area contributed by atoms with E-state index in [1.807, 2.05) is 0 Å². The highest BCUT2D eigenvalue weighted by Gasteiger charge is 2.36. The molecule has 2 aliphatic heterocycles. The van der Waals surface area contributed by atoms with Gasteiger partial charge < -0.3 is 19.7 Å². The molecule has 1 saturated heterocycles. The van der Waals surface area contributed by atoms with Gasteiger partial charge in [0.2, 0.25) is 18.6 Å². The van der Waals surface area contributed by atoms with Crippen LogP contribution in [0.3, 0.4) is 0 Å². The van der Waals surface area contributed by atoms with Crippen molar-refractivity contribution in [3.05, 3.63) is 48.0 Å². The van der Waals surface area contributed by atoms with Crippen LogP contribution in [0.2, 0.25) is 0 Å².